The van der Waals surface area contributed by atoms with Gasteiger partial charge >= 0.3 is 6.18 Å². The molecular weight excluding hydrogens is 456 g/mol. The molecular formula is C23H18F4N4O3. The van der Waals surface area contributed by atoms with E-state index in [9.17, 15) is 27.2 Å². The number of aromatic nitrogens is 2. The van der Waals surface area contributed by atoms with Gasteiger partial charge in [0.2, 0.25) is 5.88 Å². The third-order valence-electron chi connectivity index (χ3n) is 5.13. The van der Waals surface area contributed by atoms with Crippen molar-refractivity contribution in [3.05, 3.63) is 82.6 Å². The van der Waals surface area contributed by atoms with Crippen molar-refractivity contribution in [3.8, 4) is 11.6 Å². The number of nitrogens with one attached hydrogen (secondary N) is 1. The van der Waals surface area contributed by atoms with E-state index < -0.39 is 24.3 Å². The molecule has 0 unspecified atom stereocenters. The van der Waals surface area contributed by atoms with Crippen molar-refractivity contribution in [3.63, 3.8) is 0 Å². The number of benzene rings is 1. The van der Waals surface area contributed by atoms with Crippen molar-refractivity contribution < 1.29 is 31.9 Å². The van der Waals surface area contributed by atoms with Crippen LogP contribution in [0, 0.1) is 5.82 Å². The molecule has 2 amide bonds. The molecule has 0 saturated heterocycles. The van der Waals surface area contributed by atoms with E-state index in [-0.39, 0.29) is 47.4 Å². The van der Waals surface area contributed by atoms with E-state index in [1.54, 1.807) is 18.2 Å². The molecule has 11 heteroatoms. The molecule has 3 aromatic rings. The third kappa shape index (κ3) is 4.98. The quantitative estimate of drug-likeness (QED) is 0.546. The van der Waals surface area contributed by atoms with Gasteiger partial charge in [0, 0.05) is 32.5 Å². The average Bonchev–Trinajstić information content (AvgIpc) is 3.10. The van der Waals surface area contributed by atoms with Crippen LogP contribution >= 0.6 is 0 Å². The third-order valence-corrected chi connectivity index (χ3v) is 5.13. The van der Waals surface area contributed by atoms with E-state index in [1.807, 2.05) is 0 Å². The minimum Gasteiger partial charge on any atom is -0.435 e. The Bertz CT molecular complexity index is 1250. The van der Waals surface area contributed by atoms with E-state index >= 15 is 0 Å². The van der Waals surface area contributed by atoms with Gasteiger partial charge in [-0.1, -0.05) is 12.1 Å². The minimum atomic E-state index is -4.47. The molecule has 34 heavy (non-hydrogen) atoms. The summed E-state index contributed by atoms with van der Waals surface area (Å²) in [6.07, 6.45) is -2.84. The molecule has 7 nitrogen and oxygen atoms in total. The first kappa shape index (κ1) is 23.1. The van der Waals surface area contributed by atoms with Crippen molar-refractivity contribution in [2.45, 2.75) is 25.7 Å². The van der Waals surface area contributed by atoms with E-state index in [2.05, 4.69) is 15.3 Å². The summed E-state index contributed by atoms with van der Waals surface area (Å²) in [5, 5.41) is 2.47. The number of ether oxygens (including phenoxy) is 1. The van der Waals surface area contributed by atoms with Gasteiger partial charge < -0.3 is 15.0 Å². The fourth-order valence-corrected chi connectivity index (χ4v) is 3.55. The molecule has 4 rings (SSSR count). The molecule has 176 valence electrons. The summed E-state index contributed by atoms with van der Waals surface area (Å²) >= 11 is 0. The summed E-state index contributed by atoms with van der Waals surface area (Å²) in [6.45, 7) is 0.450. The first-order valence-electron chi connectivity index (χ1n) is 10.1. The number of fused-ring (bicyclic) bond motifs is 1. The number of rotatable bonds is 6. The Hall–Kier alpha value is -4.02. The van der Waals surface area contributed by atoms with Crippen LogP contribution in [0.1, 0.15) is 37.5 Å². The van der Waals surface area contributed by atoms with Crippen molar-refractivity contribution in [1.82, 2.24) is 20.2 Å². The zero-order chi connectivity index (χ0) is 24.5. The van der Waals surface area contributed by atoms with Gasteiger partial charge in [0.05, 0.1) is 6.42 Å². The molecule has 0 fully saturated rings. The lowest BCUT2D eigenvalue weighted by Gasteiger charge is -2.15. The second kappa shape index (κ2) is 9.08. The highest BCUT2D eigenvalue weighted by molar-refractivity contribution is 6.00. The van der Waals surface area contributed by atoms with E-state index in [4.69, 9.17) is 4.74 Å². The predicted octanol–water partition coefficient (Wildman–Crippen LogP) is 4.03. The summed E-state index contributed by atoms with van der Waals surface area (Å²) in [5.41, 5.74) is 1.44. The summed E-state index contributed by atoms with van der Waals surface area (Å²) in [4.78, 5) is 34.3. The largest absolute Gasteiger partial charge is 0.435 e. The SMILES string of the molecule is CNC(=O)c1ccc(CN2Cc3ccnc(Oc4ccc(CC(F)(F)F)cc4F)c3C2=O)cn1. The lowest BCUT2D eigenvalue weighted by Crippen LogP contribution is -2.24. The van der Waals surface area contributed by atoms with Crippen LogP contribution in [0.5, 0.6) is 11.6 Å². The average molecular weight is 474 g/mol. The molecule has 3 heterocycles. The van der Waals surface area contributed by atoms with E-state index in [1.165, 1.54) is 24.3 Å². The van der Waals surface area contributed by atoms with Crippen molar-refractivity contribution in [2.24, 2.45) is 0 Å². The second-order valence-electron chi connectivity index (χ2n) is 7.60. The molecule has 0 spiro atoms. The molecule has 0 aliphatic carbocycles. The smallest absolute Gasteiger partial charge is 0.393 e. The molecule has 2 aromatic heterocycles. The van der Waals surface area contributed by atoms with Crippen LogP contribution in [-0.2, 0) is 19.5 Å². The zero-order valence-electron chi connectivity index (χ0n) is 17.8. The van der Waals surface area contributed by atoms with Crippen LogP contribution in [-0.4, -0.2) is 39.9 Å². The van der Waals surface area contributed by atoms with Crippen LogP contribution in [0.15, 0.2) is 48.8 Å². The van der Waals surface area contributed by atoms with Crippen LogP contribution in [0.2, 0.25) is 0 Å². The maximum atomic E-state index is 14.4. The molecule has 1 aliphatic rings. The minimum absolute atomic E-state index is 0.138. The highest BCUT2D eigenvalue weighted by Crippen LogP contribution is 2.34. The number of hydrogen-bond donors (Lipinski definition) is 1. The Labute approximate surface area is 191 Å². The summed E-state index contributed by atoms with van der Waals surface area (Å²) in [5.74, 6) is -2.20. The number of halogens is 4. The predicted molar refractivity (Wildman–Crippen MR) is 112 cm³/mol. The van der Waals surface area contributed by atoms with Crippen LogP contribution in [0.3, 0.4) is 0 Å². The number of pyridine rings is 2. The van der Waals surface area contributed by atoms with Gasteiger partial charge in [0.15, 0.2) is 11.6 Å². The number of amides is 2. The first-order valence-corrected chi connectivity index (χ1v) is 10.1. The highest BCUT2D eigenvalue weighted by atomic mass is 19.4. The molecule has 0 atom stereocenters. The lowest BCUT2D eigenvalue weighted by molar-refractivity contribution is -0.127. The Morgan fingerprint density at radius 2 is 1.91 bits per heavy atom. The molecule has 1 aliphatic heterocycles. The number of carbonyl (C=O) groups excluding carboxylic acids is 2. The number of nitrogens with zero attached hydrogens (tertiary/aromatic N) is 3. The molecule has 1 aromatic carbocycles. The Morgan fingerprint density at radius 3 is 2.56 bits per heavy atom. The van der Waals surface area contributed by atoms with Crippen molar-refractivity contribution in [1.29, 1.82) is 0 Å². The topological polar surface area (TPSA) is 84.4 Å². The molecule has 0 radical (unpaired) electrons. The maximum absolute atomic E-state index is 14.4. The van der Waals surface area contributed by atoms with Crippen LogP contribution in [0.25, 0.3) is 0 Å². The summed E-state index contributed by atoms with van der Waals surface area (Å²) in [6, 6.07) is 7.79. The van der Waals surface area contributed by atoms with Crippen LogP contribution < -0.4 is 10.1 Å². The summed E-state index contributed by atoms with van der Waals surface area (Å²) in [7, 11) is 1.49. The van der Waals surface area contributed by atoms with Gasteiger partial charge in [-0.25, -0.2) is 9.37 Å². The van der Waals surface area contributed by atoms with E-state index in [0.717, 1.165) is 18.2 Å². The maximum Gasteiger partial charge on any atom is 0.393 e. The second-order valence-corrected chi connectivity index (χ2v) is 7.60. The number of hydrogen-bond acceptors (Lipinski definition) is 5. The molecule has 0 bridgehead atoms. The van der Waals surface area contributed by atoms with Crippen LogP contribution in [0.4, 0.5) is 17.6 Å². The van der Waals surface area contributed by atoms with Gasteiger partial charge in [-0.05, 0) is 41.0 Å². The van der Waals surface area contributed by atoms with Gasteiger partial charge in [-0.2, -0.15) is 13.2 Å². The van der Waals surface area contributed by atoms with Gasteiger partial charge in [-0.3, -0.25) is 14.6 Å². The Morgan fingerprint density at radius 1 is 1.15 bits per heavy atom. The van der Waals surface area contributed by atoms with Gasteiger partial charge in [-0.15, -0.1) is 0 Å². The highest BCUT2D eigenvalue weighted by Gasteiger charge is 2.32. The van der Waals surface area contributed by atoms with Gasteiger partial charge in [0.1, 0.15) is 11.3 Å². The lowest BCUT2D eigenvalue weighted by atomic mass is 10.1. The Balaban J connectivity index is 1.51. The fraction of sp³-hybridized carbons (Fsp3) is 0.217. The fourth-order valence-electron chi connectivity index (χ4n) is 3.55. The molecule has 1 N–H and O–H groups in total. The number of alkyl halides is 3. The van der Waals surface area contributed by atoms with Crippen molar-refractivity contribution in [2.75, 3.05) is 7.05 Å². The van der Waals surface area contributed by atoms with Gasteiger partial charge in [0.25, 0.3) is 11.8 Å². The van der Waals surface area contributed by atoms with E-state index in [0.29, 0.717) is 11.1 Å². The first-order chi connectivity index (χ1) is 16.1. The van der Waals surface area contributed by atoms with Crippen molar-refractivity contribution >= 4 is 11.8 Å². The monoisotopic (exact) mass is 474 g/mol. The zero-order valence-corrected chi connectivity index (χ0v) is 17.8. The standard InChI is InChI=1S/C23H18F4N4O3/c1-28-20(32)17-4-2-14(10-30-17)11-31-12-15-6-7-29-21(19(15)22(31)33)34-18-5-3-13(8-16(18)24)9-23(25,26)27/h2-8,10H,9,11-12H2,1H3,(H,28,32). The Kier molecular flexibility index (Phi) is 6.18. The summed E-state index contributed by atoms with van der Waals surface area (Å²) < 4.78 is 57.5. The molecule has 0 saturated carbocycles. The number of carbonyl (C=O) groups is 2. The normalized spacial score (nSPS) is 13.1.